The standard InChI is InChI=1S/C14H12ClN5/c15-9-1-3-10(4-2-9)19-13-12-14(17-7-16-13)20(8-18-12)11-5-6-11/h1-4,7-8,11H,5-6H2,(H,16,17,19). The summed E-state index contributed by atoms with van der Waals surface area (Å²) in [5.41, 5.74) is 2.61. The van der Waals surface area contributed by atoms with E-state index in [2.05, 4.69) is 24.8 Å². The van der Waals surface area contributed by atoms with Crippen molar-refractivity contribution in [3.63, 3.8) is 0 Å². The highest BCUT2D eigenvalue weighted by Crippen LogP contribution is 2.37. The lowest BCUT2D eigenvalue weighted by Gasteiger charge is -2.06. The van der Waals surface area contributed by atoms with Gasteiger partial charge in [-0.25, -0.2) is 15.0 Å². The summed E-state index contributed by atoms with van der Waals surface area (Å²) in [5.74, 6) is 0.719. The van der Waals surface area contributed by atoms with Gasteiger partial charge in [0.15, 0.2) is 17.0 Å². The van der Waals surface area contributed by atoms with Crippen LogP contribution in [0.15, 0.2) is 36.9 Å². The van der Waals surface area contributed by atoms with E-state index < -0.39 is 0 Å². The van der Waals surface area contributed by atoms with Crippen LogP contribution in [0.25, 0.3) is 11.2 Å². The van der Waals surface area contributed by atoms with E-state index in [0.717, 1.165) is 22.7 Å². The molecule has 2 aromatic heterocycles. The van der Waals surface area contributed by atoms with Crippen LogP contribution < -0.4 is 5.32 Å². The molecular weight excluding hydrogens is 274 g/mol. The van der Waals surface area contributed by atoms with Crippen LogP contribution in [0.4, 0.5) is 11.5 Å². The van der Waals surface area contributed by atoms with Crippen molar-refractivity contribution in [2.24, 2.45) is 0 Å². The Bertz CT molecular complexity index is 761. The lowest BCUT2D eigenvalue weighted by molar-refractivity contribution is 0.756. The van der Waals surface area contributed by atoms with E-state index >= 15 is 0 Å². The zero-order chi connectivity index (χ0) is 13.5. The zero-order valence-electron chi connectivity index (χ0n) is 10.6. The maximum Gasteiger partial charge on any atom is 0.165 e. The van der Waals surface area contributed by atoms with Crippen LogP contribution in [0.2, 0.25) is 5.02 Å². The summed E-state index contributed by atoms with van der Waals surface area (Å²) >= 11 is 5.89. The van der Waals surface area contributed by atoms with Crippen LogP contribution in [0.3, 0.4) is 0 Å². The van der Waals surface area contributed by atoms with E-state index in [0.29, 0.717) is 11.1 Å². The Balaban J connectivity index is 1.74. The first-order valence-electron chi connectivity index (χ1n) is 6.51. The molecule has 1 aliphatic carbocycles. The third-order valence-electron chi connectivity index (χ3n) is 3.41. The highest BCUT2D eigenvalue weighted by molar-refractivity contribution is 6.30. The molecule has 4 rings (SSSR count). The number of fused-ring (bicyclic) bond motifs is 1. The first kappa shape index (κ1) is 11.7. The minimum atomic E-state index is 0.554. The van der Waals surface area contributed by atoms with Crippen molar-refractivity contribution in [1.29, 1.82) is 0 Å². The van der Waals surface area contributed by atoms with E-state index in [1.807, 2.05) is 30.6 Å². The van der Waals surface area contributed by atoms with Gasteiger partial charge in [0.2, 0.25) is 0 Å². The fraction of sp³-hybridized carbons (Fsp3) is 0.214. The van der Waals surface area contributed by atoms with Gasteiger partial charge in [-0.1, -0.05) is 11.6 Å². The predicted molar refractivity (Wildman–Crippen MR) is 78.3 cm³/mol. The van der Waals surface area contributed by atoms with Crippen molar-refractivity contribution in [3.8, 4) is 0 Å². The molecule has 1 saturated carbocycles. The molecule has 0 aliphatic heterocycles. The van der Waals surface area contributed by atoms with Gasteiger partial charge in [0, 0.05) is 16.8 Å². The van der Waals surface area contributed by atoms with Gasteiger partial charge in [-0.3, -0.25) is 0 Å². The van der Waals surface area contributed by atoms with Crippen LogP contribution in [-0.4, -0.2) is 19.5 Å². The minimum Gasteiger partial charge on any atom is -0.338 e. The van der Waals surface area contributed by atoms with Crippen LogP contribution >= 0.6 is 11.6 Å². The molecule has 3 aromatic rings. The number of imidazole rings is 1. The highest BCUT2D eigenvalue weighted by Gasteiger charge is 2.26. The smallest absolute Gasteiger partial charge is 0.165 e. The molecule has 0 unspecified atom stereocenters. The van der Waals surface area contributed by atoms with Gasteiger partial charge >= 0.3 is 0 Å². The SMILES string of the molecule is Clc1ccc(Nc2ncnc3c2ncn3C2CC2)cc1. The average Bonchev–Trinajstić information content (AvgIpc) is 3.21. The topological polar surface area (TPSA) is 55.6 Å². The van der Waals surface area contributed by atoms with Gasteiger partial charge in [0.05, 0.1) is 6.33 Å². The van der Waals surface area contributed by atoms with Crippen molar-refractivity contribution in [2.75, 3.05) is 5.32 Å². The molecule has 6 heteroatoms. The van der Waals surface area contributed by atoms with Gasteiger partial charge in [-0.15, -0.1) is 0 Å². The first-order chi connectivity index (χ1) is 9.81. The minimum absolute atomic E-state index is 0.554. The van der Waals surface area contributed by atoms with E-state index in [1.165, 1.54) is 12.8 Å². The molecule has 1 fully saturated rings. The first-order valence-corrected chi connectivity index (χ1v) is 6.89. The number of benzene rings is 1. The van der Waals surface area contributed by atoms with Gasteiger partial charge < -0.3 is 9.88 Å². The van der Waals surface area contributed by atoms with Crippen LogP contribution in [0.1, 0.15) is 18.9 Å². The van der Waals surface area contributed by atoms with E-state index in [-0.39, 0.29) is 0 Å². The fourth-order valence-corrected chi connectivity index (χ4v) is 2.36. The van der Waals surface area contributed by atoms with Crippen LogP contribution in [0.5, 0.6) is 0 Å². The second-order valence-electron chi connectivity index (χ2n) is 4.91. The van der Waals surface area contributed by atoms with Crippen molar-refractivity contribution < 1.29 is 0 Å². The predicted octanol–water partition coefficient (Wildman–Crippen LogP) is 3.56. The number of rotatable bonds is 3. The largest absolute Gasteiger partial charge is 0.338 e. The molecule has 1 N–H and O–H groups in total. The molecule has 2 heterocycles. The summed E-state index contributed by atoms with van der Waals surface area (Å²) in [5, 5.41) is 3.97. The molecule has 100 valence electrons. The Kier molecular flexibility index (Phi) is 2.60. The normalized spacial score (nSPS) is 14.7. The summed E-state index contributed by atoms with van der Waals surface area (Å²) in [6.45, 7) is 0. The fourth-order valence-electron chi connectivity index (χ4n) is 2.23. The Labute approximate surface area is 120 Å². The number of anilines is 2. The molecule has 0 radical (unpaired) electrons. The van der Waals surface area contributed by atoms with Crippen molar-refractivity contribution in [2.45, 2.75) is 18.9 Å². The Hall–Kier alpha value is -2.14. The van der Waals surface area contributed by atoms with Gasteiger partial charge in [0.1, 0.15) is 6.33 Å². The molecule has 0 amide bonds. The highest BCUT2D eigenvalue weighted by atomic mass is 35.5. The summed E-state index contributed by atoms with van der Waals surface area (Å²) in [6, 6.07) is 8.05. The van der Waals surface area contributed by atoms with E-state index in [4.69, 9.17) is 11.6 Å². The van der Waals surface area contributed by atoms with E-state index in [9.17, 15) is 0 Å². The van der Waals surface area contributed by atoms with Gasteiger partial charge in [-0.2, -0.15) is 0 Å². The molecule has 20 heavy (non-hydrogen) atoms. The number of halogens is 1. The molecule has 0 bridgehead atoms. The van der Waals surface area contributed by atoms with Crippen molar-refractivity contribution in [3.05, 3.63) is 41.9 Å². The average molecular weight is 286 g/mol. The summed E-state index contributed by atoms with van der Waals surface area (Å²) in [6.07, 6.45) is 5.83. The molecule has 1 aliphatic rings. The monoisotopic (exact) mass is 285 g/mol. The van der Waals surface area contributed by atoms with Crippen molar-refractivity contribution in [1.82, 2.24) is 19.5 Å². The molecule has 0 spiro atoms. The lowest BCUT2D eigenvalue weighted by atomic mass is 10.3. The quantitative estimate of drug-likeness (QED) is 0.799. The van der Waals surface area contributed by atoms with Crippen LogP contribution in [-0.2, 0) is 0 Å². The Morgan fingerprint density at radius 2 is 1.90 bits per heavy atom. The third kappa shape index (κ3) is 2.00. The van der Waals surface area contributed by atoms with Crippen LogP contribution in [0, 0.1) is 0 Å². The number of nitrogens with zero attached hydrogens (tertiary/aromatic N) is 4. The molecule has 1 aromatic carbocycles. The second kappa shape index (κ2) is 4.45. The summed E-state index contributed by atoms with van der Waals surface area (Å²) in [4.78, 5) is 13.1. The lowest BCUT2D eigenvalue weighted by Crippen LogP contribution is -1.98. The number of hydrogen-bond donors (Lipinski definition) is 1. The summed E-state index contributed by atoms with van der Waals surface area (Å²) in [7, 11) is 0. The van der Waals surface area contributed by atoms with Crippen molar-refractivity contribution >= 4 is 34.3 Å². The zero-order valence-corrected chi connectivity index (χ0v) is 11.4. The van der Waals surface area contributed by atoms with Gasteiger partial charge in [0.25, 0.3) is 0 Å². The Morgan fingerprint density at radius 3 is 2.65 bits per heavy atom. The Morgan fingerprint density at radius 1 is 1.10 bits per heavy atom. The van der Waals surface area contributed by atoms with E-state index in [1.54, 1.807) is 6.33 Å². The molecule has 0 saturated heterocycles. The summed E-state index contributed by atoms with van der Waals surface area (Å²) < 4.78 is 2.13. The number of hydrogen-bond acceptors (Lipinski definition) is 4. The maximum atomic E-state index is 5.89. The molecule has 0 atom stereocenters. The number of nitrogens with one attached hydrogen (secondary N) is 1. The third-order valence-corrected chi connectivity index (χ3v) is 3.66. The molecular formula is C14H12ClN5. The maximum absolute atomic E-state index is 5.89. The van der Waals surface area contributed by atoms with Gasteiger partial charge in [-0.05, 0) is 37.1 Å². The molecule has 5 nitrogen and oxygen atoms in total. The number of aromatic nitrogens is 4. The second-order valence-corrected chi connectivity index (χ2v) is 5.35.